The lowest BCUT2D eigenvalue weighted by molar-refractivity contribution is 0.476. The summed E-state index contributed by atoms with van der Waals surface area (Å²) in [4.78, 5) is 0. The van der Waals surface area contributed by atoms with Crippen molar-refractivity contribution in [1.82, 2.24) is 10.9 Å². The van der Waals surface area contributed by atoms with E-state index in [4.69, 9.17) is 5.26 Å². The molecule has 0 aromatic carbocycles. The Hall–Kier alpha value is -1.19. The van der Waals surface area contributed by atoms with Crippen LogP contribution in [0.4, 0.5) is 0 Å². The quantitative estimate of drug-likeness (QED) is 0.632. The van der Waals surface area contributed by atoms with E-state index in [-0.39, 0.29) is 5.92 Å². The smallest absolute Gasteiger partial charge is 0.0655 e. The first-order chi connectivity index (χ1) is 8.43. The Kier molecular flexibility index (Phi) is 8.16. The summed E-state index contributed by atoms with van der Waals surface area (Å²) in [5, 5.41) is 9.04. The molecule has 1 aliphatic rings. The molecule has 1 heterocycles. The van der Waals surface area contributed by atoms with Crippen molar-refractivity contribution in [3.8, 4) is 18.0 Å². The normalized spacial score (nSPS) is 24.1. The molecule has 0 amide bonds. The monoisotopic (exact) mass is 233 g/mol. The van der Waals surface area contributed by atoms with Crippen LogP contribution in [0.15, 0.2) is 0 Å². The summed E-state index contributed by atoms with van der Waals surface area (Å²) in [7, 11) is 0. The molecule has 3 heteroatoms. The summed E-state index contributed by atoms with van der Waals surface area (Å²) in [5.41, 5.74) is 5.99. The minimum Gasteiger partial charge on any atom is -0.281 e. The third kappa shape index (κ3) is 7.66. The van der Waals surface area contributed by atoms with Gasteiger partial charge in [-0.25, -0.2) is 5.43 Å². The lowest BCUT2D eigenvalue weighted by Crippen LogP contribution is -2.28. The molecular formula is C14H23N3. The Labute approximate surface area is 105 Å². The van der Waals surface area contributed by atoms with Gasteiger partial charge in [-0.05, 0) is 25.7 Å². The van der Waals surface area contributed by atoms with Crippen LogP contribution in [0, 0.1) is 29.2 Å². The maximum absolute atomic E-state index is 9.04. The molecule has 17 heavy (non-hydrogen) atoms. The molecule has 0 aromatic rings. The van der Waals surface area contributed by atoms with Gasteiger partial charge in [-0.3, -0.25) is 5.43 Å². The summed E-state index contributed by atoms with van der Waals surface area (Å²) in [5.74, 6) is 3.37. The van der Waals surface area contributed by atoms with E-state index in [2.05, 4.69) is 28.9 Å². The predicted octanol–water partition coefficient (Wildman–Crippen LogP) is 2.71. The van der Waals surface area contributed by atoms with E-state index in [1.54, 1.807) is 0 Å². The van der Waals surface area contributed by atoms with E-state index in [1.807, 2.05) is 0 Å². The van der Waals surface area contributed by atoms with Crippen LogP contribution in [0.5, 0.6) is 0 Å². The molecule has 0 radical (unpaired) electrons. The zero-order valence-electron chi connectivity index (χ0n) is 10.6. The summed E-state index contributed by atoms with van der Waals surface area (Å²) in [6.45, 7) is 0.923. The van der Waals surface area contributed by atoms with Gasteiger partial charge in [0.15, 0.2) is 0 Å². The van der Waals surface area contributed by atoms with Crippen molar-refractivity contribution in [1.29, 1.82) is 5.26 Å². The predicted molar refractivity (Wildman–Crippen MR) is 69.6 cm³/mol. The number of nitrogens with zero attached hydrogens (tertiary/aromatic N) is 1. The highest BCUT2D eigenvalue weighted by Gasteiger charge is 2.06. The van der Waals surface area contributed by atoms with Crippen LogP contribution < -0.4 is 10.9 Å². The van der Waals surface area contributed by atoms with Gasteiger partial charge in [-0.2, -0.15) is 5.26 Å². The molecule has 0 aliphatic carbocycles. The fourth-order valence-corrected chi connectivity index (χ4v) is 2.05. The second-order valence-electron chi connectivity index (χ2n) is 4.63. The largest absolute Gasteiger partial charge is 0.281 e. The maximum Gasteiger partial charge on any atom is 0.0655 e. The zero-order valence-corrected chi connectivity index (χ0v) is 10.6. The van der Waals surface area contributed by atoms with Gasteiger partial charge in [0, 0.05) is 24.9 Å². The molecule has 1 rings (SSSR count). The molecular weight excluding hydrogens is 210 g/mol. The van der Waals surface area contributed by atoms with Crippen LogP contribution in [0.25, 0.3) is 0 Å². The number of nitrogens with one attached hydrogen (secondary N) is 2. The van der Waals surface area contributed by atoms with Crippen molar-refractivity contribution < 1.29 is 0 Å². The van der Waals surface area contributed by atoms with E-state index >= 15 is 0 Å². The Bertz CT molecular complexity index is 262. The molecule has 1 aliphatic heterocycles. The maximum atomic E-state index is 9.04. The fraction of sp³-hybridized carbons (Fsp3) is 0.786. The lowest BCUT2D eigenvalue weighted by atomic mass is 9.96. The third-order valence-corrected chi connectivity index (χ3v) is 3.13. The topological polar surface area (TPSA) is 47.9 Å². The summed E-state index contributed by atoms with van der Waals surface area (Å²) >= 11 is 0. The first kappa shape index (κ1) is 13.9. The number of hydrazine groups is 1. The second-order valence-corrected chi connectivity index (χ2v) is 4.63. The third-order valence-electron chi connectivity index (χ3n) is 3.13. The van der Waals surface area contributed by atoms with Crippen molar-refractivity contribution in [2.75, 3.05) is 6.54 Å². The fourth-order valence-electron chi connectivity index (χ4n) is 2.05. The van der Waals surface area contributed by atoms with Crippen molar-refractivity contribution in [2.24, 2.45) is 5.92 Å². The highest BCUT2D eigenvalue weighted by atomic mass is 15.3. The van der Waals surface area contributed by atoms with Gasteiger partial charge >= 0.3 is 0 Å². The first-order valence-electron chi connectivity index (χ1n) is 6.79. The van der Waals surface area contributed by atoms with Gasteiger partial charge in [0.25, 0.3) is 0 Å². The van der Waals surface area contributed by atoms with Crippen LogP contribution in [0.1, 0.15) is 57.8 Å². The molecule has 2 N–H and O–H groups in total. The molecule has 0 bridgehead atoms. The summed E-state index contributed by atoms with van der Waals surface area (Å²) < 4.78 is 0. The molecule has 3 nitrogen and oxygen atoms in total. The van der Waals surface area contributed by atoms with Gasteiger partial charge in [0.2, 0.25) is 0 Å². The van der Waals surface area contributed by atoms with Crippen LogP contribution in [-0.2, 0) is 0 Å². The van der Waals surface area contributed by atoms with Gasteiger partial charge in [-0.15, -0.1) is 0 Å². The Balaban J connectivity index is 2.26. The van der Waals surface area contributed by atoms with E-state index in [0.717, 1.165) is 38.6 Å². The number of hydrogen-bond donors (Lipinski definition) is 2. The molecule has 1 unspecified atom stereocenters. The SMILES string of the molecule is N#CC1CCCCCCC#CNNCCCC1. The number of nitriles is 1. The van der Waals surface area contributed by atoms with Gasteiger partial charge in [0.1, 0.15) is 0 Å². The Morgan fingerprint density at radius 3 is 2.59 bits per heavy atom. The van der Waals surface area contributed by atoms with Crippen molar-refractivity contribution in [3.63, 3.8) is 0 Å². The van der Waals surface area contributed by atoms with Crippen molar-refractivity contribution in [3.05, 3.63) is 0 Å². The average Bonchev–Trinajstić information content (AvgIpc) is 2.36. The molecule has 0 spiro atoms. The molecule has 94 valence electrons. The molecule has 0 fully saturated rings. The average molecular weight is 233 g/mol. The van der Waals surface area contributed by atoms with Gasteiger partial charge < -0.3 is 0 Å². The summed E-state index contributed by atoms with van der Waals surface area (Å²) in [6.07, 6.45) is 10.2. The van der Waals surface area contributed by atoms with Crippen LogP contribution >= 0.6 is 0 Å². The van der Waals surface area contributed by atoms with Crippen LogP contribution in [-0.4, -0.2) is 6.54 Å². The minimum absolute atomic E-state index is 0.268. The van der Waals surface area contributed by atoms with Gasteiger partial charge in [-0.1, -0.05) is 31.6 Å². The van der Waals surface area contributed by atoms with Gasteiger partial charge in [0.05, 0.1) is 6.07 Å². The van der Waals surface area contributed by atoms with Crippen LogP contribution in [0.3, 0.4) is 0 Å². The number of rotatable bonds is 0. The first-order valence-corrected chi connectivity index (χ1v) is 6.79. The van der Waals surface area contributed by atoms with Crippen LogP contribution in [0.2, 0.25) is 0 Å². The number of hydrogen-bond acceptors (Lipinski definition) is 3. The zero-order chi connectivity index (χ0) is 12.2. The Morgan fingerprint density at radius 2 is 1.76 bits per heavy atom. The Morgan fingerprint density at radius 1 is 1.00 bits per heavy atom. The molecule has 0 saturated carbocycles. The van der Waals surface area contributed by atoms with Crippen molar-refractivity contribution >= 4 is 0 Å². The standard InChI is InChI=1S/C14H23N3/c15-13-14-9-5-3-1-2-4-7-11-16-17-12-8-6-10-14/h14,16-17H,1-6,8-10,12H2. The highest BCUT2D eigenvalue weighted by Crippen LogP contribution is 2.16. The molecule has 0 aromatic heterocycles. The van der Waals surface area contributed by atoms with E-state index in [9.17, 15) is 0 Å². The van der Waals surface area contributed by atoms with E-state index < -0.39 is 0 Å². The van der Waals surface area contributed by atoms with Crippen molar-refractivity contribution in [2.45, 2.75) is 57.8 Å². The minimum atomic E-state index is 0.268. The van der Waals surface area contributed by atoms with E-state index in [0.29, 0.717) is 0 Å². The molecule has 0 saturated heterocycles. The second kappa shape index (κ2) is 10.00. The highest BCUT2D eigenvalue weighted by molar-refractivity contribution is 4.95. The summed E-state index contributed by atoms with van der Waals surface area (Å²) in [6, 6.07) is 5.35. The lowest BCUT2D eigenvalue weighted by Gasteiger charge is -2.08. The van der Waals surface area contributed by atoms with E-state index in [1.165, 1.54) is 25.7 Å². The molecule has 1 atom stereocenters.